The molecule has 4 nitrogen and oxygen atoms in total. The number of para-hydroxylation sites is 1. The Morgan fingerprint density at radius 3 is 2.62 bits per heavy atom. The molecule has 6 heteroatoms. The Kier molecular flexibility index (Phi) is 6.02. The molecule has 1 saturated heterocycles. The van der Waals surface area contributed by atoms with E-state index in [9.17, 15) is 9.59 Å². The molecule has 29 heavy (non-hydrogen) atoms. The third kappa shape index (κ3) is 4.38. The Bertz CT molecular complexity index is 1000. The van der Waals surface area contributed by atoms with Gasteiger partial charge >= 0.3 is 0 Å². The fourth-order valence-corrected chi connectivity index (χ4v) is 5.36. The van der Waals surface area contributed by atoms with Gasteiger partial charge in [-0.2, -0.15) is 0 Å². The smallest absolute Gasteiger partial charge is 0.238 e. The van der Waals surface area contributed by atoms with E-state index in [2.05, 4.69) is 18.3 Å². The van der Waals surface area contributed by atoms with Gasteiger partial charge in [0.25, 0.3) is 0 Å². The van der Waals surface area contributed by atoms with Crippen LogP contribution in [0.3, 0.4) is 0 Å². The van der Waals surface area contributed by atoms with Crippen LogP contribution in [0.15, 0.2) is 66.0 Å². The second-order valence-corrected chi connectivity index (χ2v) is 8.94. The topological polar surface area (TPSA) is 49.4 Å². The van der Waals surface area contributed by atoms with Crippen molar-refractivity contribution in [2.75, 3.05) is 16.0 Å². The SMILES string of the molecule is CCc1ccccc1N1C(=O)CSC1c1ccc(NC(=O)Cc2cccs2)cc1. The Hall–Kier alpha value is -2.57. The first-order chi connectivity index (χ1) is 14.2. The van der Waals surface area contributed by atoms with Crippen LogP contribution in [0.4, 0.5) is 11.4 Å². The maximum Gasteiger partial charge on any atom is 0.238 e. The normalized spacial score (nSPS) is 16.2. The van der Waals surface area contributed by atoms with Crippen LogP contribution in [0.25, 0.3) is 0 Å². The van der Waals surface area contributed by atoms with Crippen LogP contribution in [-0.4, -0.2) is 17.6 Å². The van der Waals surface area contributed by atoms with Crippen molar-refractivity contribution in [1.29, 1.82) is 0 Å². The summed E-state index contributed by atoms with van der Waals surface area (Å²) in [5.74, 6) is 0.584. The molecule has 4 rings (SSSR count). The number of nitrogens with one attached hydrogen (secondary N) is 1. The predicted octanol–water partition coefficient (Wildman–Crippen LogP) is 5.27. The Morgan fingerprint density at radius 1 is 1.10 bits per heavy atom. The van der Waals surface area contributed by atoms with Crippen LogP contribution < -0.4 is 10.2 Å². The number of thiophene rings is 1. The maximum atomic E-state index is 12.6. The number of hydrogen-bond donors (Lipinski definition) is 1. The molecule has 0 saturated carbocycles. The monoisotopic (exact) mass is 422 g/mol. The quantitative estimate of drug-likeness (QED) is 0.589. The molecule has 2 heterocycles. The molecule has 1 aliphatic rings. The highest BCUT2D eigenvalue weighted by Crippen LogP contribution is 2.43. The van der Waals surface area contributed by atoms with Crippen molar-refractivity contribution < 1.29 is 9.59 Å². The molecule has 148 valence electrons. The van der Waals surface area contributed by atoms with Crippen molar-refractivity contribution in [1.82, 2.24) is 0 Å². The number of carbonyl (C=O) groups is 2. The van der Waals surface area contributed by atoms with Gasteiger partial charge in [-0.3, -0.25) is 14.5 Å². The lowest BCUT2D eigenvalue weighted by molar-refractivity contribution is -0.116. The molecule has 2 amide bonds. The van der Waals surface area contributed by atoms with E-state index < -0.39 is 0 Å². The van der Waals surface area contributed by atoms with Crippen LogP contribution >= 0.6 is 23.1 Å². The van der Waals surface area contributed by atoms with Crippen LogP contribution in [0.2, 0.25) is 0 Å². The van der Waals surface area contributed by atoms with Gasteiger partial charge in [0.15, 0.2) is 0 Å². The number of nitrogens with zero attached hydrogens (tertiary/aromatic N) is 1. The Morgan fingerprint density at radius 2 is 1.90 bits per heavy atom. The third-order valence-corrected chi connectivity index (χ3v) is 6.98. The van der Waals surface area contributed by atoms with Gasteiger partial charge in [-0.05, 0) is 47.2 Å². The first-order valence-electron chi connectivity index (χ1n) is 9.59. The highest BCUT2D eigenvalue weighted by Gasteiger charge is 2.34. The standard InChI is InChI=1S/C23H22N2O2S2/c1-2-16-6-3-4-8-20(16)25-22(27)15-29-23(25)17-9-11-18(12-10-17)24-21(26)14-19-7-5-13-28-19/h3-13,23H,2,14-15H2,1H3,(H,24,26). The van der Waals surface area contributed by atoms with E-state index in [-0.39, 0.29) is 17.2 Å². The van der Waals surface area contributed by atoms with Crippen molar-refractivity contribution in [3.8, 4) is 0 Å². The number of anilines is 2. The first-order valence-corrected chi connectivity index (χ1v) is 11.5. The van der Waals surface area contributed by atoms with Crippen LogP contribution in [0.1, 0.15) is 28.3 Å². The molecule has 1 N–H and O–H groups in total. The molecule has 1 aromatic heterocycles. The zero-order chi connectivity index (χ0) is 20.2. The summed E-state index contributed by atoms with van der Waals surface area (Å²) in [4.78, 5) is 27.8. The summed E-state index contributed by atoms with van der Waals surface area (Å²) >= 11 is 3.22. The average molecular weight is 423 g/mol. The molecule has 0 bridgehead atoms. The van der Waals surface area contributed by atoms with E-state index in [4.69, 9.17) is 0 Å². The van der Waals surface area contributed by atoms with E-state index in [0.29, 0.717) is 12.2 Å². The van der Waals surface area contributed by atoms with E-state index in [1.54, 1.807) is 23.1 Å². The van der Waals surface area contributed by atoms with Crippen molar-refractivity contribution >= 4 is 46.3 Å². The largest absolute Gasteiger partial charge is 0.326 e. The van der Waals surface area contributed by atoms with Crippen molar-refractivity contribution in [3.05, 3.63) is 82.0 Å². The minimum atomic E-state index is -0.0499. The Labute approximate surface area is 178 Å². The minimum absolute atomic E-state index is 0.0240. The fourth-order valence-electron chi connectivity index (χ4n) is 3.48. The van der Waals surface area contributed by atoms with Gasteiger partial charge in [-0.1, -0.05) is 43.3 Å². The summed E-state index contributed by atoms with van der Waals surface area (Å²) < 4.78 is 0. The average Bonchev–Trinajstić information content (AvgIpc) is 3.38. The summed E-state index contributed by atoms with van der Waals surface area (Å²) in [6.45, 7) is 2.11. The van der Waals surface area contributed by atoms with Crippen LogP contribution in [-0.2, 0) is 22.4 Å². The first kappa shape index (κ1) is 19.7. The van der Waals surface area contributed by atoms with Gasteiger partial charge < -0.3 is 5.32 Å². The molecule has 0 aliphatic carbocycles. The highest BCUT2D eigenvalue weighted by molar-refractivity contribution is 8.00. The molecule has 0 radical (unpaired) electrons. The van der Waals surface area contributed by atoms with Gasteiger partial charge in [-0.15, -0.1) is 23.1 Å². The molecule has 1 atom stereocenters. The van der Waals surface area contributed by atoms with Gasteiger partial charge in [0, 0.05) is 16.3 Å². The lowest BCUT2D eigenvalue weighted by Crippen LogP contribution is -2.28. The lowest BCUT2D eigenvalue weighted by atomic mass is 10.1. The number of thioether (sulfide) groups is 1. The van der Waals surface area contributed by atoms with E-state index in [1.807, 2.05) is 64.9 Å². The van der Waals surface area contributed by atoms with Gasteiger partial charge in [0.1, 0.15) is 5.37 Å². The molecule has 1 fully saturated rings. The molecule has 1 unspecified atom stereocenters. The van der Waals surface area contributed by atoms with Gasteiger partial charge in [0.05, 0.1) is 12.2 Å². The molecule has 1 aliphatic heterocycles. The number of rotatable bonds is 6. The molecule has 3 aromatic rings. The van der Waals surface area contributed by atoms with Crippen molar-refractivity contribution in [3.63, 3.8) is 0 Å². The second-order valence-electron chi connectivity index (χ2n) is 6.84. The number of amides is 2. The summed E-state index contributed by atoms with van der Waals surface area (Å²) in [6.07, 6.45) is 1.26. The number of benzene rings is 2. The maximum absolute atomic E-state index is 12.6. The van der Waals surface area contributed by atoms with E-state index in [0.717, 1.165) is 28.2 Å². The Balaban J connectivity index is 1.50. The molecule has 2 aromatic carbocycles. The fraction of sp³-hybridized carbons (Fsp3) is 0.217. The zero-order valence-corrected chi connectivity index (χ0v) is 17.8. The molecular weight excluding hydrogens is 400 g/mol. The van der Waals surface area contributed by atoms with Crippen LogP contribution in [0.5, 0.6) is 0 Å². The highest BCUT2D eigenvalue weighted by atomic mass is 32.2. The van der Waals surface area contributed by atoms with Crippen molar-refractivity contribution in [2.45, 2.75) is 25.1 Å². The molecular formula is C23H22N2O2S2. The summed E-state index contributed by atoms with van der Waals surface area (Å²) in [7, 11) is 0. The zero-order valence-electron chi connectivity index (χ0n) is 16.1. The summed E-state index contributed by atoms with van der Waals surface area (Å²) in [6, 6.07) is 19.8. The van der Waals surface area contributed by atoms with Gasteiger partial charge in [0.2, 0.25) is 11.8 Å². The number of aryl methyl sites for hydroxylation is 1. The van der Waals surface area contributed by atoms with Crippen molar-refractivity contribution in [2.24, 2.45) is 0 Å². The molecule has 0 spiro atoms. The second kappa shape index (κ2) is 8.84. The third-order valence-electron chi connectivity index (χ3n) is 4.89. The summed E-state index contributed by atoms with van der Waals surface area (Å²) in [5.41, 5.74) is 3.99. The lowest BCUT2D eigenvalue weighted by Gasteiger charge is -2.26. The summed E-state index contributed by atoms with van der Waals surface area (Å²) in [5, 5.41) is 4.87. The number of carbonyl (C=O) groups excluding carboxylic acids is 2. The number of hydrogen-bond acceptors (Lipinski definition) is 4. The van der Waals surface area contributed by atoms with Crippen LogP contribution in [0, 0.1) is 0 Å². The minimum Gasteiger partial charge on any atom is -0.326 e. The van der Waals surface area contributed by atoms with E-state index in [1.165, 1.54) is 5.56 Å². The van der Waals surface area contributed by atoms with Gasteiger partial charge in [-0.25, -0.2) is 0 Å². The predicted molar refractivity (Wildman–Crippen MR) is 122 cm³/mol. The van der Waals surface area contributed by atoms with E-state index >= 15 is 0 Å².